The van der Waals surface area contributed by atoms with Crippen molar-refractivity contribution in [2.75, 3.05) is 18.1 Å². The van der Waals surface area contributed by atoms with E-state index in [1.807, 2.05) is 62.4 Å². The van der Waals surface area contributed by atoms with E-state index in [2.05, 4.69) is 5.10 Å². The molecule has 0 radical (unpaired) electrons. The number of thioether (sulfide) groups is 1. The van der Waals surface area contributed by atoms with Crippen LogP contribution in [0.5, 0.6) is 5.75 Å². The molecule has 2 N–H and O–H groups in total. The number of hydrogen-bond donors (Lipinski definition) is 1. The smallest absolute Gasteiger partial charge is 0.278 e. The number of para-hydroxylation sites is 1. The summed E-state index contributed by atoms with van der Waals surface area (Å²) < 4.78 is 11.1. The van der Waals surface area contributed by atoms with E-state index < -0.39 is 0 Å². The SMILES string of the molecule is CCOc1ccc(-n2c(=S)sc3c(=O)n(-c4ccccc4C)c(SCC(=O)n4nc(N)cc4C)nc32)cc1. The van der Waals surface area contributed by atoms with Crippen LogP contribution in [0, 0.1) is 17.8 Å². The van der Waals surface area contributed by atoms with E-state index in [0.29, 0.717) is 37.4 Å². The normalized spacial score (nSPS) is 11.2. The third kappa shape index (κ3) is 4.77. The van der Waals surface area contributed by atoms with Gasteiger partial charge in [0.25, 0.3) is 11.5 Å². The zero-order chi connectivity index (χ0) is 27.0. The molecule has 194 valence electrons. The van der Waals surface area contributed by atoms with Crippen LogP contribution in [0.25, 0.3) is 21.7 Å². The molecule has 0 spiro atoms. The number of carbonyl (C=O) groups excluding carboxylic acids is 1. The molecule has 0 aliphatic carbocycles. The summed E-state index contributed by atoms with van der Waals surface area (Å²) in [6.45, 7) is 6.17. The Balaban J connectivity index is 1.66. The van der Waals surface area contributed by atoms with Crippen LogP contribution in [0.2, 0.25) is 0 Å². The molecule has 0 bridgehead atoms. The maximum atomic E-state index is 13.9. The van der Waals surface area contributed by atoms with Gasteiger partial charge in [-0.2, -0.15) is 0 Å². The highest BCUT2D eigenvalue weighted by Crippen LogP contribution is 2.29. The van der Waals surface area contributed by atoms with Gasteiger partial charge in [-0.3, -0.25) is 18.7 Å². The fourth-order valence-electron chi connectivity index (χ4n) is 4.08. The molecule has 12 heteroatoms. The molecule has 0 amide bonds. The van der Waals surface area contributed by atoms with Crippen LogP contribution in [-0.4, -0.2) is 42.2 Å². The predicted molar refractivity (Wildman–Crippen MR) is 154 cm³/mol. The van der Waals surface area contributed by atoms with Gasteiger partial charge in [0.15, 0.2) is 14.8 Å². The van der Waals surface area contributed by atoms with E-state index in [9.17, 15) is 9.59 Å². The third-order valence-electron chi connectivity index (χ3n) is 5.81. The summed E-state index contributed by atoms with van der Waals surface area (Å²) in [5.74, 6) is 0.731. The molecule has 0 saturated heterocycles. The Morgan fingerprint density at radius 2 is 1.87 bits per heavy atom. The second kappa shape index (κ2) is 10.6. The average Bonchev–Trinajstić information content (AvgIpc) is 3.41. The molecule has 0 atom stereocenters. The number of anilines is 1. The average molecular weight is 565 g/mol. The van der Waals surface area contributed by atoms with Gasteiger partial charge < -0.3 is 10.5 Å². The molecule has 9 nitrogen and oxygen atoms in total. The van der Waals surface area contributed by atoms with Crippen molar-refractivity contribution in [2.24, 2.45) is 0 Å². The van der Waals surface area contributed by atoms with Gasteiger partial charge in [0.05, 0.1) is 18.0 Å². The van der Waals surface area contributed by atoms with Crippen LogP contribution in [0.1, 0.15) is 23.0 Å². The maximum Gasteiger partial charge on any atom is 0.278 e. The molecule has 0 aliphatic rings. The number of fused-ring (bicyclic) bond motifs is 1. The van der Waals surface area contributed by atoms with E-state index in [1.165, 1.54) is 16.0 Å². The van der Waals surface area contributed by atoms with Crippen LogP contribution in [0.4, 0.5) is 5.82 Å². The Labute approximate surface area is 231 Å². The number of aromatic nitrogens is 5. The Hall–Kier alpha value is -3.74. The Bertz CT molecular complexity index is 1780. The number of benzene rings is 2. The highest BCUT2D eigenvalue weighted by Gasteiger charge is 2.21. The summed E-state index contributed by atoms with van der Waals surface area (Å²) in [6, 6.07) is 16.6. The molecule has 5 aromatic rings. The first-order chi connectivity index (χ1) is 18.3. The van der Waals surface area contributed by atoms with Crippen LogP contribution in [0.15, 0.2) is 64.5 Å². The van der Waals surface area contributed by atoms with Crippen molar-refractivity contribution in [3.63, 3.8) is 0 Å². The summed E-state index contributed by atoms with van der Waals surface area (Å²) in [5.41, 5.74) is 8.93. The largest absolute Gasteiger partial charge is 0.494 e. The monoisotopic (exact) mass is 564 g/mol. The molecule has 0 fully saturated rings. The highest BCUT2D eigenvalue weighted by atomic mass is 32.2. The maximum absolute atomic E-state index is 13.9. The lowest BCUT2D eigenvalue weighted by molar-refractivity contribution is 0.0924. The fraction of sp³-hybridized carbons (Fsp3) is 0.192. The zero-order valence-electron chi connectivity index (χ0n) is 20.9. The van der Waals surface area contributed by atoms with Crippen LogP contribution < -0.4 is 16.0 Å². The van der Waals surface area contributed by atoms with E-state index >= 15 is 0 Å². The van der Waals surface area contributed by atoms with Crippen molar-refractivity contribution >= 4 is 57.4 Å². The van der Waals surface area contributed by atoms with Gasteiger partial charge in [-0.1, -0.05) is 41.3 Å². The first kappa shape index (κ1) is 25.9. The van der Waals surface area contributed by atoms with Crippen molar-refractivity contribution in [1.29, 1.82) is 0 Å². The Morgan fingerprint density at radius 3 is 2.53 bits per heavy atom. The van der Waals surface area contributed by atoms with Crippen LogP contribution >= 0.6 is 35.3 Å². The van der Waals surface area contributed by atoms with Crippen LogP contribution in [-0.2, 0) is 0 Å². The fourth-order valence-corrected chi connectivity index (χ4v) is 6.23. The molecule has 3 heterocycles. The molecular formula is C26H24N6O3S3. The van der Waals surface area contributed by atoms with E-state index in [4.69, 9.17) is 27.7 Å². The van der Waals surface area contributed by atoms with Crippen molar-refractivity contribution < 1.29 is 9.53 Å². The lowest BCUT2D eigenvalue weighted by Crippen LogP contribution is -2.23. The zero-order valence-corrected chi connectivity index (χ0v) is 23.3. The molecule has 2 aromatic carbocycles. The highest BCUT2D eigenvalue weighted by molar-refractivity contribution is 7.99. The van der Waals surface area contributed by atoms with Gasteiger partial charge in [-0.15, -0.1) is 5.10 Å². The number of ether oxygens (including phenoxy) is 1. The summed E-state index contributed by atoms with van der Waals surface area (Å²) in [7, 11) is 0. The summed E-state index contributed by atoms with van der Waals surface area (Å²) in [4.78, 5) is 31.8. The number of aryl methyl sites for hydroxylation is 2. The molecule has 3 aromatic heterocycles. The lowest BCUT2D eigenvalue weighted by Gasteiger charge is -2.14. The topological polar surface area (TPSA) is 110 Å². The van der Waals surface area contributed by atoms with Gasteiger partial charge in [0.1, 0.15) is 16.3 Å². The van der Waals surface area contributed by atoms with Gasteiger partial charge in [0, 0.05) is 17.4 Å². The summed E-state index contributed by atoms with van der Waals surface area (Å²) >= 11 is 8.04. The second-order valence-corrected chi connectivity index (χ2v) is 11.0. The molecule has 0 unspecified atom stereocenters. The molecular weight excluding hydrogens is 541 g/mol. The number of rotatable bonds is 7. The molecule has 0 saturated carbocycles. The molecule has 0 aliphatic heterocycles. The van der Waals surface area contributed by atoms with E-state index in [1.54, 1.807) is 22.1 Å². The first-order valence-electron chi connectivity index (χ1n) is 11.7. The number of thiazole rings is 1. The van der Waals surface area contributed by atoms with Crippen LogP contribution in [0.3, 0.4) is 0 Å². The molecule has 38 heavy (non-hydrogen) atoms. The summed E-state index contributed by atoms with van der Waals surface area (Å²) in [5, 5.41) is 4.45. The number of hydrogen-bond acceptors (Lipinski definition) is 9. The Morgan fingerprint density at radius 1 is 1.13 bits per heavy atom. The standard InChI is InChI=1S/C26H24N6O3S3/c1-4-35-18-11-9-17(10-12-18)30-23-22(38-26(30)36)24(34)31(19-8-6-5-7-15(19)2)25(28-23)37-14-21(33)32-16(3)13-20(27)29-32/h5-13H,4,14H2,1-3H3,(H2,27,29). The van der Waals surface area contributed by atoms with Crippen molar-refractivity contribution in [3.05, 3.63) is 80.2 Å². The van der Waals surface area contributed by atoms with Crippen molar-refractivity contribution in [1.82, 2.24) is 23.9 Å². The van der Waals surface area contributed by atoms with E-state index in [-0.39, 0.29) is 23.0 Å². The lowest BCUT2D eigenvalue weighted by atomic mass is 10.2. The predicted octanol–water partition coefficient (Wildman–Crippen LogP) is 5.19. The minimum Gasteiger partial charge on any atom is -0.494 e. The van der Waals surface area contributed by atoms with Gasteiger partial charge in [-0.05, 0) is 68.9 Å². The van der Waals surface area contributed by atoms with Gasteiger partial charge >= 0.3 is 0 Å². The number of nitrogen functional groups attached to an aromatic ring is 1. The second-order valence-electron chi connectivity index (χ2n) is 8.41. The quantitative estimate of drug-likeness (QED) is 0.163. The van der Waals surface area contributed by atoms with E-state index in [0.717, 1.165) is 28.8 Å². The first-order valence-corrected chi connectivity index (χ1v) is 14.0. The third-order valence-corrected chi connectivity index (χ3v) is 8.08. The molecule has 5 rings (SSSR count). The minimum absolute atomic E-state index is 0.000287. The van der Waals surface area contributed by atoms with Crippen molar-refractivity contribution in [3.8, 4) is 17.1 Å². The minimum atomic E-state index is -0.274. The van der Waals surface area contributed by atoms with Gasteiger partial charge in [-0.25, -0.2) is 9.67 Å². The number of nitrogens with zero attached hydrogens (tertiary/aromatic N) is 5. The Kier molecular flexibility index (Phi) is 7.19. The summed E-state index contributed by atoms with van der Waals surface area (Å²) in [6.07, 6.45) is 0. The van der Waals surface area contributed by atoms with Gasteiger partial charge in [0.2, 0.25) is 0 Å². The number of carbonyl (C=O) groups is 1. The number of nitrogens with two attached hydrogens (primary N) is 1. The van der Waals surface area contributed by atoms with Crippen molar-refractivity contribution in [2.45, 2.75) is 25.9 Å².